The largest absolute Gasteiger partial charge is 0.470 e. The van der Waals surface area contributed by atoms with Crippen molar-refractivity contribution in [1.29, 1.82) is 0 Å². The van der Waals surface area contributed by atoms with Gasteiger partial charge in [-0.2, -0.15) is 0 Å². The van der Waals surface area contributed by atoms with E-state index in [1.54, 1.807) is 33.2 Å². The molecule has 0 aliphatic heterocycles. The number of hydrogen-bond acceptors (Lipinski definition) is 14. The Kier molecular flexibility index (Phi) is 10.0. The second kappa shape index (κ2) is 14.6. The zero-order chi connectivity index (χ0) is 39.2. The summed E-state index contributed by atoms with van der Waals surface area (Å²) >= 11 is 0. The predicted octanol–water partition coefficient (Wildman–Crippen LogP) is 4.25. The van der Waals surface area contributed by atoms with E-state index in [0.29, 0.717) is 29.9 Å². The van der Waals surface area contributed by atoms with E-state index < -0.39 is 58.3 Å². The molecule has 2 aromatic carbocycles. The first-order chi connectivity index (χ1) is 26.3. The fourth-order valence-electron chi connectivity index (χ4n) is 8.09. The first-order valence-electron chi connectivity index (χ1n) is 17.9. The summed E-state index contributed by atoms with van der Waals surface area (Å²) in [5.74, 6) is -3.22. The van der Waals surface area contributed by atoms with Crippen molar-refractivity contribution in [2.75, 3.05) is 28.2 Å². The number of aromatic nitrogens is 2. The van der Waals surface area contributed by atoms with Crippen LogP contribution < -0.4 is 9.47 Å². The van der Waals surface area contributed by atoms with Gasteiger partial charge in [-0.05, 0) is 81.0 Å². The molecule has 4 aliphatic carbocycles. The van der Waals surface area contributed by atoms with Crippen molar-refractivity contribution in [3.63, 3.8) is 0 Å². The van der Waals surface area contributed by atoms with Gasteiger partial charge in [0.2, 0.25) is 11.6 Å². The standard InChI is InChI=1S/C21H22N2O5.C20H20N2O5/c1-12-9-10-14-16(23(2)3)17-15(19(25)21(14,26)18(12)24)20(22-28-17)27-11-13-7-5-4-6-8-13;1-22(2)16-13-9-6-10-14(23)20(13,25)18(24)15-17(16)27-21-19(15)26-11-12-7-4-3-5-8-12/h4-9,14,16,26H,10-11H2,1-3H3;3-8,10,13,16,25H,9,11H2,1-2H3/t14-,16-,21-;13-,16-,20-/m00/s1. The third-order valence-electron chi connectivity index (χ3n) is 10.9. The van der Waals surface area contributed by atoms with Crippen molar-refractivity contribution in [1.82, 2.24) is 20.1 Å². The zero-order valence-electron chi connectivity index (χ0n) is 31.1. The van der Waals surface area contributed by atoms with Gasteiger partial charge in [-0.1, -0.05) is 72.8 Å². The van der Waals surface area contributed by atoms with E-state index in [2.05, 4.69) is 10.3 Å². The number of ketones is 4. The molecule has 6 atom stereocenters. The van der Waals surface area contributed by atoms with Gasteiger partial charge in [-0.25, -0.2) is 0 Å². The molecule has 14 nitrogen and oxygen atoms in total. The van der Waals surface area contributed by atoms with Gasteiger partial charge in [0.15, 0.2) is 34.3 Å². The highest BCUT2D eigenvalue weighted by Gasteiger charge is 2.63. The average Bonchev–Trinajstić information content (AvgIpc) is 3.79. The molecule has 55 heavy (non-hydrogen) atoms. The lowest BCUT2D eigenvalue weighted by atomic mass is 9.63. The van der Waals surface area contributed by atoms with Crippen molar-refractivity contribution >= 4 is 23.1 Å². The van der Waals surface area contributed by atoms with E-state index in [0.717, 1.165) is 11.1 Å². The first-order valence-corrected chi connectivity index (χ1v) is 17.9. The van der Waals surface area contributed by atoms with Crippen LogP contribution in [0, 0.1) is 11.8 Å². The lowest BCUT2D eigenvalue weighted by Gasteiger charge is -2.44. The summed E-state index contributed by atoms with van der Waals surface area (Å²) in [4.78, 5) is 55.4. The Morgan fingerprint density at radius 3 is 1.62 bits per heavy atom. The van der Waals surface area contributed by atoms with E-state index >= 15 is 0 Å². The number of rotatable bonds is 8. The Balaban J connectivity index is 0.000000169. The summed E-state index contributed by atoms with van der Waals surface area (Å²) in [5.41, 5.74) is -1.99. The minimum absolute atomic E-state index is 0.0000638. The van der Waals surface area contributed by atoms with Crippen LogP contribution in [0.3, 0.4) is 0 Å². The Labute approximate surface area is 317 Å². The van der Waals surface area contributed by atoms with Crippen LogP contribution in [0.5, 0.6) is 11.8 Å². The van der Waals surface area contributed by atoms with Crippen LogP contribution in [0.1, 0.15) is 75.2 Å². The monoisotopic (exact) mass is 750 g/mol. The van der Waals surface area contributed by atoms with Crippen LogP contribution in [-0.2, 0) is 22.8 Å². The summed E-state index contributed by atoms with van der Waals surface area (Å²) in [6, 6.07) is 17.9. The Morgan fingerprint density at radius 2 is 1.15 bits per heavy atom. The lowest BCUT2D eigenvalue weighted by Crippen LogP contribution is -2.60. The molecule has 2 N–H and O–H groups in total. The number of nitrogens with zero attached hydrogens (tertiary/aromatic N) is 4. The Hall–Kier alpha value is -5.54. The molecule has 286 valence electrons. The number of hydrogen-bond donors (Lipinski definition) is 2. The summed E-state index contributed by atoms with van der Waals surface area (Å²) < 4.78 is 22.4. The number of benzene rings is 2. The van der Waals surface area contributed by atoms with Gasteiger partial charge in [0, 0.05) is 11.8 Å². The minimum atomic E-state index is -2.14. The van der Waals surface area contributed by atoms with Gasteiger partial charge in [-0.3, -0.25) is 29.0 Å². The Morgan fingerprint density at radius 1 is 0.691 bits per heavy atom. The number of allylic oxidation sites excluding steroid dienone is 2. The number of ether oxygens (including phenoxy) is 2. The van der Waals surface area contributed by atoms with E-state index in [4.69, 9.17) is 18.5 Å². The van der Waals surface area contributed by atoms with Crippen molar-refractivity contribution < 1.29 is 47.9 Å². The summed E-state index contributed by atoms with van der Waals surface area (Å²) in [6.07, 6.45) is 5.49. The van der Waals surface area contributed by atoms with Gasteiger partial charge in [-0.15, -0.1) is 0 Å². The van der Waals surface area contributed by atoms with Crippen LogP contribution in [0.2, 0.25) is 0 Å². The maximum atomic E-state index is 13.3. The SMILES string of the molecule is CC1=CC[C@H]2[C@H](N(C)C)c3onc(OCc4ccccc4)c3C(=O)[C@@]2(O)C1=O.CN(C)[C@@H]1c2onc(OCc3ccccc3)c2C(=O)[C@@]2(O)C(=O)C=CC[C@@H]12. The van der Waals surface area contributed by atoms with Crippen molar-refractivity contribution in [3.8, 4) is 11.8 Å². The van der Waals surface area contributed by atoms with Crippen LogP contribution >= 0.6 is 0 Å². The second-order valence-corrected chi connectivity index (χ2v) is 14.7. The summed E-state index contributed by atoms with van der Waals surface area (Å²) in [7, 11) is 7.24. The van der Waals surface area contributed by atoms with Crippen LogP contribution in [0.4, 0.5) is 0 Å². The highest BCUT2D eigenvalue weighted by Crippen LogP contribution is 2.51. The van der Waals surface area contributed by atoms with Crippen molar-refractivity contribution in [2.45, 2.75) is 56.3 Å². The maximum Gasteiger partial charge on any atom is 0.265 e. The Bertz CT molecular complexity index is 2190. The molecule has 0 spiro atoms. The van der Waals surface area contributed by atoms with Crippen LogP contribution in [-0.4, -0.2) is 92.9 Å². The first kappa shape index (κ1) is 37.8. The molecule has 0 fully saturated rings. The molecule has 0 radical (unpaired) electrons. The van der Waals surface area contributed by atoms with E-state index in [1.807, 2.05) is 84.6 Å². The zero-order valence-corrected chi connectivity index (χ0v) is 31.1. The fourth-order valence-corrected chi connectivity index (χ4v) is 8.09. The van der Waals surface area contributed by atoms with E-state index in [-0.39, 0.29) is 36.1 Å². The number of carbonyl (C=O) groups excluding carboxylic acids is 4. The van der Waals surface area contributed by atoms with Gasteiger partial charge in [0.1, 0.15) is 24.3 Å². The topological polar surface area (TPSA) is 186 Å². The molecule has 4 aliphatic rings. The third kappa shape index (κ3) is 6.24. The van der Waals surface area contributed by atoms with Gasteiger partial charge in [0.25, 0.3) is 11.8 Å². The highest BCUT2D eigenvalue weighted by molar-refractivity contribution is 6.25. The lowest BCUT2D eigenvalue weighted by molar-refractivity contribution is -0.138. The van der Waals surface area contributed by atoms with Crippen molar-refractivity contribution in [2.24, 2.45) is 11.8 Å². The number of fused-ring (bicyclic) bond motifs is 4. The fraction of sp³-hybridized carbons (Fsp3) is 0.366. The molecular weight excluding hydrogens is 708 g/mol. The quantitative estimate of drug-likeness (QED) is 0.244. The molecule has 0 amide bonds. The van der Waals surface area contributed by atoms with Gasteiger partial charge >= 0.3 is 0 Å². The molecule has 0 unspecified atom stereocenters. The van der Waals surface area contributed by atoms with E-state index in [1.165, 1.54) is 6.08 Å². The minimum Gasteiger partial charge on any atom is -0.470 e. The molecular formula is C41H42N4O10. The molecule has 4 aromatic rings. The highest BCUT2D eigenvalue weighted by atomic mass is 16.5. The third-order valence-corrected chi connectivity index (χ3v) is 10.9. The molecule has 8 rings (SSSR count). The van der Waals surface area contributed by atoms with Crippen LogP contribution in [0.25, 0.3) is 0 Å². The normalized spacial score (nSPS) is 26.7. The van der Waals surface area contributed by atoms with Crippen LogP contribution in [0.15, 0.2) is 93.5 Å². The number of carbonyl (C=O) groups is 4. The molecule has 2 aromatic heterocycles. The number of aliphatic hydroxyl groups is 2. The molecule has 0 saturated carbocycles. The van der Waals surface area contributed by atoms with E-state index in [9.17, 15) is 29.4 Å². The molecule has 0 saturated heterocycles. The van der Waals surface area contributed by atoms with Gasteiger partial charge < -0.3 is 28.7 Å². The second-order valence-electron chi connectivity index (χ2n) is 14.7. The number of Topliss-reactive ketones (excluding diaryl/α,β-unsaturated/α-hetero) is 3. The van der Waals surface area contributed by atoms with Crippen molar-refractivity contribution in [3.05, 3.63) is 118 Å². The molecule has 14 heteroatoms. The summed E-state index contributed by atoms with van der Waals surface area (Å²) in [6.45, 7) is 1.99. The average molecular weight is 751 g/mol. The van der Waals surface area contributed by atoms with Gasteiger partial charge in [0.05, 0.1) is 12.1 Å². The molecule has 0 bridgehead atoms. The maximum absolute atomic E-state index is 13.3. The molecule has 2 heterocycles. The summed E-state index contributed by atoms with van der Waals surface area (Å²) in [5, 5.41) is 30.3. The predicted molar refractivity (Wildman–Crippen MR) is 195 cm³/mol. The smallest absolute Gasteiger partial charge is 0.265 e.